The van der Waals surface area contributed by atoms with Crippen LogP contribution in [0.15, 0.2) is 71.6 Å². The summed E-state index contributed by atoms with van der Waals surface area (Å²) in [6, 6.07) is 20.8. The second kappa shape index (κ2) is 7.99. The van der Waals surface area contributed by atoms with Crippen LogP contribution in [-0.2, 0) is 14.8 Å². The molecule has 0 aliphatic rings. The van der Waals surface area contributed by atoms with Crippen LogP contribution in [0.25, 0.3) is 10.8 Å². The third kappa shape index (κ3) is 4.70. The van der Waals surface area contributed by atoms with Gasteiger partial charge in [0, 0.05) is 18.7 Å². The number of fused-ring (bicyclic) bond motifs is 1. The number of benzene rings is 3. The first-order valence-electron chi connectivity index (χ1n) is 8.26. The molecule has 7 heteroatoms. The van der Waals surface area contributed by atoms with Gasteiger partial charge < -0.3 is 5.32 Å². The predicted octanol–water partition coefficient (Wildman–Crippen LogP) is 3.02. The van der Waals surface area contributed by atoms with Gasteiger partial charge in [0.25, 0.3) is 0 Å². The van der Waals surface area contributed by atoms with E-state index in [0.717, 1.165) is 10.8 Å². The van der Waals surface area contributed by atoms with Gasteiger partial charge in [-0.05, 0) is 47.2 Å². The molecule has 0 saturated carbocycles. The smallest absolute Gasteiger partial charge is 0.240 e. The van der Waals surface area contributed by atoms with E-state index in [9.17, 15) is 13.2 Å². The highest BCUT2D eigenvalue weighted by Crippen LogP contribution is 2.18. The lowest BCUT2D eigenvalue weighted by molar-refractivity contribution is -0.116. The molecule has 0 unspecified atom stereocenters. The highest BCUT2D eigenvalue weighted by atomic mass is 32.2. The third-order valence-corrected chi connectivity index (χ3v) is 5.43. The van der Waals surface area contributed by atoms with Gasteiger partial charge in [0.05, 0.1) is 16.5 Å². The zero-order valence-electron chi connectivity index (χ0n) is 14.3. The molecule has 3 rings (SSSR count). The van der Waals surface area contributed by atoms with E-state index in [1.54, 1.807) is 42.5 Å². The molecule has 0 aliphatic carbocycles. The Balaban J connectivity index is 1.57. The molecular weight excluding hydrogens is 362 g/mol. The second-order valence-corrected chi connectivity index (χ2v) is 7.66. The van der Waals surface area contributed by atoms with E-state index >= 15 is 0 Å². The van der Waals surface area contributed by atoms with Gasteiger partial charge in [0.2, 0.25) is 15.9 Å². The summed E-state index contributed by atoms with van der Waals surface area (Å²) in [5, 5.41) is 13.2. The van der Waals surface area contributed by atoms with Crippen LogP contribution in [0, 0.1) is 11.3 Å². The van der Waals surface area contributed by atoms with Gasteiger partial charge >= 0.3 is 0 Å². The zero-order chi connectivity index (χ0) is 19.3. The minimum Gasteiger partial charge on any atom is -0.326 e. The number of rotatable bonds is 6. The first-order chi connectivity index (χ1) is 13.0. The van der Waals surface area contributed by atoms with Crippen LogP contribution in [0.5, 0.6) is 0 Å². The van der Waals surface area contributed by atoms with Crippen LogP contribution in [0.4, 0.5) is 5.69 Å². The number of nitrogens with one attached hydrogen (secondary N) is 2. The number of hydrogen-bond acceptors (Lipinski definition) is 4. The molecule has 0 heterocycles. The van der Waals surface area contributed by atoms with Crippen molar-refractivity contribution in [3.63, 3.8) is 0 Å². The molecule has 0 radical (unpaired) electrons. The number of anilines is 1. The lowest BCUT2D eigenvalue weighted by Gasteiger charge is -2.08. The Morgan fingerprint density at radius 3 is 2.37 bits per heavy atom. The Morgan fingerprint density at radius 1 is 0.963 bits per heavy atom. The van der Waals surface area contributed by atoms with Crippen molar-refractivity contribution in [1.82, 2.24) is 4.72 Å². The number of carbonyl (C=O) groups excluding carboxylic acids is 1. The molecule has 0 aliphatic heterocycles. The molecule has 3 aromatic carbocycles. The fourth-order valence-electron chi connectivity index (χ4n) is 2.57. The summed E-state index contributed by atoms with van der Waals surface area (Å²) in [7, 11) is -3.70. The van der Waals surface area contributed by atoms with Crippen molar-refractivity contribution in [3.05, 3.63) is 72.3 Å². The quantitative estimate of drug-likeness (QED) is 0.688. The molecule has 0 spiro atoms. The Kier molecular flexibility index (Phi) is 5.50. The number of sulfonamides is 1. The standard InChI is InChI=1S/C20H17N3O3S/c21-14-15-5-8-18(9-6-15)23-20(24)11-12-22-27(25,26)19-10-7-16-3-1-2-4-17(16)13-19/h1-10,13,22H,11-12H2,(H,23,24). The van der Waals surface area contributed by atoms with E-state index in [2.05, 4.69) is 10.0 Å². The van der Waals surface area contributed by atoms with Crippen molar-refractivity contribution in [3.8, 4) is 6.07 Å². The number of carbonyl (C=O) groups is 1. The van der Waals surface area contributed by atoms with Gasteiger partial charge in [-0.1, -0.05) is 30.3 Å². The van der Waals surface area contributed by atoms with Crippen LogP contribution in [0.3, 0.4) is 0 Å². The Labute approximate surface area is 157 Å². The van der Waals surface area contributed by atoms with E-state index < -0.39 is 10.0 Å². The van der Waals surface area contributed by atoms with Crippen LogP contribution in [-0.4, -0.2) is 20.9 Å². The molecular formula is C20H17N3O3S. The molecule has 0 fully saturated rings. The van der Waals surface area contributed by atoms with Crippen molar-refractivity contribution < 1.29 is 13.2 Å². The molecule has 6 nitrogen and oxygen atoms in total. The van der Waals surface area contributed by atoms with Gasteiger partial charge in [-0.25, -0.2) is 13.1 Å². The highest BCUT2D eigenvalue weighted by molar-refractivity contribution is 7.89. The SMILES string of the molecule is N#Cc1ccc(NC(=O)CCNS(=O)(=O)c2ccc3ccccc3c2)cc1. The van der Waals surface area contributed by atoms with Gasteiger partial charge in [0.15, 0.2) is 0 Å². The maximum atomic E-state index is 12.4. The van der Waals surface area contributed by atoms with Crippen molar-refractivity contribution in [2.75, 3.05) is 11.9 Å². The van der Waals surface area contributed by atoms with E-state index in [1.165, 1.54) is 0 Å². The van der Waals surface area contributed by atoms with Crippen LogP contribution in [0.2, 0.25) is 0 Å². The minimum atomic E-state index is -3.70. The maximum absolute atomic E-state index is 12.4. The summed E-state index contributed by atoms with van der Waals surface area (Å²) in [6.07, 6.45) is -0.00713. The first kappa shape index (κ1) is 18.6. The summed E-state index contributed by atoms with van der Waals surface area (Å²) in [5.41, 5.74) is 1.05. The normalized spacial score (nSPS) is 11.1. The zero-order valence-corrected chi connectivity index (χ0v) is 15.2. The van der Waals surface area contributed by atoms with Gasteiger partial charge in [-0.15, -0.1) is 0 Å². The van der Waals surface area contributed by atoms with E-state index in [0.29, 0.717) is 11.3 Å². The molecule has 0 bridgehead atoms. The summed E-state index contributed by atoms with van der Waals surface area (Å²) < 4.78 is 27.3. The summed E-state index contributed by atoms with van der Waals surface area (Å²) in [6.45, 7) is -0.0166. The largest absolute Gasteiger partial charge is 0.326 e. The molecule has 27 heavy (non-hydrogen) atoms. The third-order valence-electron chi connectivity index (χ3n) is 3.97. The van der Waals surface area contributed by atoms with Crippen molar-refractivity contribution in [2.45, 2.75) is 11.3 Å². The number of hydrogen-bond donors (Lipinski definition) is 2. The van der Waals surface area contributed by atoms with Gasteiger partial charge in [-0.2, -0.15) is 5.26 Å². The minimum absolute atomic E-state index is 0.00713. The van der Waals surface area contributed by atoms with E-state index in [1.807, 2.05) is 30.3 Å². The van der Waals surface area contributed by atoms with Crippen LogP contribution >= 0.6 is 0 Å². The lowest BCUT2D eigenvalue weighted by Crippen LogP contribution is -2.27. The highest BCUT2D eigenvalue weighted by Gasteiger charge is 2.14. The van der Waals surface area contributed by atoms with Crippen LogP contribution < -0.4 is 10.0 Å². The summed E-state index contributed by atoms with van der Waals surface area (Å²) in [5.74, 6) is -0.319. The number of amides is 1. The van der Waals surface area contributed by atoms with E-state index in [4.69, 9.17) is 5.26 Å². The molecule has 0 atom stereocenters. The Hall–Kier alpha value is -3.21. The van der Waals surface area contributed by atoms with Gasteiger partial charge in [-0.3, -0.25) is 4.79 Å². The molecule has 2 N–H and O–H groups in total. The average molecular weight is 379 g/mol. The summed E-state index contributed by atoms with van der Waals surface area (Å²) in [4.78, 5) is 12.1. The second-order valence-electron chi connectivity index (χ2n) is 5.89. The number of nitrogens with zero attached hydrogens (tertiary/aromatic N) is 1. The fraction of sp³-hybridized carbons (Fsp3) is 0.100. The van der Waals surface area contributed by atoms with Crippen molar-refractivity contribution in [2.24, 2.45) is 0 Å². The molecule has 0 saturated heterocycles. The Bertz CT molecular complexity index is 1120. The topological polar surface area (TPSA) is 99.1 Å². The maximum Gasteiger partial charge on any atom is 0.240 e. The Morgan fingerprint density at radius 2 is 1.67 bits per heavy atom. The molecule has 136 valence electrons. The van der Waals surface area contributed by atoms with Gasteiger partial charge in [0.1, 0.15) is 0 Å². The van der Waals surface area contributed by atoms with E-state index in [-0.39, 0.29) is 23.8 Å². The molecule has 3 aromatic rings. The van der Waals surface area contributed by atoms with Crippen molar-refractivity contribution in [1.29, 1.82) is 5.26 Å². The molecule has 0 aromatic heterocycles. The summed E-state index contributed by atoms with van der Waals surface area (Å²) >= 11 is 0. The van der Waals surface area contributed by atoms with Crippen LogP contribution in [0.1, 0.15) is 12.0 Å². The number of nitriles is 1. The first-order valence-corrected chi connectivity index (χ1v) is 9.75. The molecule has 1 amide bonds. The lowest BCUT2D eigenvalue weighted by atomic mass is 10.1. The van der Waals surface area contributed by atoms with Crippen molar-refractivity contribution >= 4 is 32.4 Å². The fourth-order valence-corrected chi connectivity index (χ4v) is 3.64. The predicted molar refractivity (Wildman–Crippen MR) is 104 cm³/mol. The average Bonchev–Trinajstić information content (AvgIpc) is 2.68. The monoisotopic (exact) mass is 379 g/mol.